The molecule has 0 radical (unpaired) electrons. The first-order chi connectivity index (χ1) is 8.15. The number of carboxylic acid groups (broad SMARTS) is 1. The molecule has 0 bridgehead atoms. The Morgan fingerprint density at radius 2 is 1.76 bits per heavy atom. The first-order valence-electron chi connectivity index (χ1n) is 5.09. The standard InChI is InChI=1S/C13H11NO3/c1-9-2-5-12(8-14-9)17-11-6-3-10(4-7-11)13(15)16/h2-8H,1H3,(H,15,16). The number of hydrogen-bond donors (Lipinski definition) is 1. The van der Waals surface area contributed by atoms with Gasteiger partial charge in [-0.05, 0) is 43.3 Å². The van der Waals surface area contributed by atoms with Crippen molar-refractivity contribution in [2.75, 3.05) is 0 Å². The summed E-state index contributed by atoms with van der Waals surface area (Å²) in [7, 11) is 0. The first kappa shape index (κ1) is 11.1. The van der Waals surface area contributed by atoms with Crippen LogP contribution in [0, 0.1) is 6.92 Å². The molecule has 0 atom stereocenters. The molecule has 0 saturated carbocycles. The highest BCUT2D eigenvalue weighted by molar-refractivity contribution is 5.87. The molecule has 2 aromatic rings. The molecule has 0 fully saturated rings. The number of aromatic carboxylic acids is 1. The normalized spacial score (nSPS) is 9.94. The highest BCUT2D eigenvalue weighted by Gasteiger charge is 2.02. The van der Waals surface area contributed by atoms with E-state index in [2.05, 4.69) is 4.98 Å². The van der Waals surface area contributed by atoms with Crippen LogP contribution in [0.1, 0.15) is 16.1 Å². The minimum Gasteiger partial charge on any atom is -0.478 e. The molecule has 17 heavy (non-hydrogen) atoms. The molecular weight excluding hydrogens is 218 g/mol. The summed E-state index contributed by atoms with van der Waals surface area (Å²) in [5.41, 5.74) is 1.15. The smallest absolute Gasteiger partial charge is 0.335 e. The fraction of sp³-hybridized carbons (Fsp3) is 0.0769. The van der Waals surface area contributed by atoms with Crippen molar-refractivity contribution in [1.82, 2.24) is 4.98 Å². The van der Waals surface area contributed by atoms with E-state index in [-0.39, 0.29) is 5.56 Å². The molecule has 0 aliphatic heterocycles. The van der Waals surface area contributed by atoms with E-state index >= 15 is 0 Å². The lowest BCUT2D eigenvalue weighted by atomic mass is 10.2. The predicted octanol–water partition coefficient (Wildman–Crippen LogP) is 2.88. The van der Waals surface area contributed by atoms with Gasteiger partial charge >= 0.3 is 5.97 Å². The van der Waals surface area contributed by atoms with E-state index in [1.807, 2.05) is 19.1 Å². The van der Waals surface area contributed by atoms with Gasteiger partial charge in [-0.15, -0.1) is 0 Å². The van der Waals surface area contributed by atoms with Gasteiger partial charge in [0.25, 0.3) is 0 Å². The van der Waals surface area contributed by atoms with Crippen LogP contribution in [0.4, 0.5) is 0 Å². The third-order valence-corrected chi connectivity index (χ3v) is 2.22. The van der Waals surface area contributed by atoms with Gasteiger partial charge in [-0.2, -0.15) is 0 Å². The van der Waals surface area contributed by atoms with Crippen LogP contribution in [-0.4, -0.2) is 16.1 Å². The van der Waals surface area contributed by atoms with E-state index in [0.717, 1.165) is 5.69 Å². The summed E-state index contributed by atoms with van der Waals surface area (Å²) in [4.78, 5) is 14.8. The lowest BCUT2D eigenvalue weighted by Crippen LogP contribution is -1.95. The molecule has 0 amide bonds. The fourth-order valence-electron chi connectivity index (χ4n) is 1.32. The minimum absolute atomic E-state index is 0.236. The molecule has 2 rings (SSSR count). The van der Waals surface area contributed by atoms with Gasteiger partial charge in [0, 0.05) is 5.69 Å². The summed E-state index contributed by atoms with van der Waals surface area (Å²) in [5, 5.41) is 8.75. The molecule has 0 saturated heterocycles. The van der Waals surface area contributed by atoms with E-state index in [1.165, 1.54) is 12.1 Å². The van der Waals surface area contributed by atoms with Crippen LogP contribution in [0.3, 0.4) is 0 Å². The maximum Gasteiger partial charge on any atom is 0.335 e. The number of pyridine rings is 1. The monoisotopic (exact) mass is 229 g/mol. The maximum atomic E-state index is 10.7. The van der Waals surface area contributed by atoms with E-state index < -0.39 is 5.97 Å². The summed E-state index contributed by atoms with van der Waals surface area (Å²) < 4.78 is 5.51. The van der Waals surface area contributed by atoms with Crippen LogP contribution in [0.25, 0.3) is 0 Å². The third kappa shape index (κ3) is 2.81. The summed E-state index contributed by atoms with van der Waals surface area (Å²) >= 11 is 0. The molecular formula is C13H11NO3. The highest BCUT2D eigenvalue weighted by Crippen LogP contribution is 2.20. The number of benzene rings is 1. The lowest BCUT2D eigenvalue weighted by Gasteiger charge is -2.05. The molecule has 0 aliphatic carbocycles. The van der Waals surface area contributed by atoms with Gasteiger partial charge in [-0.1, -0.05) is 0 Å². The highest BCUT2D eigenvalue weighted by atomic mass is 16.5. The van der Waals surface area contributed by atoms with Gasteiger partial charge in [0.1, 0.15) is 11.5 Å². The number of rotatable bonds is 3. The number of hydrogen-bond acceptors (Lipinski definition) is 3. The molecule has 0 aliphatic rings. The van der Waals surface area contributed by atoms with Crippen LogP contribution in [-0.2, 0) is 0 Å². The van der Waals surface area contributed by atoms with Crippen LogP contribution in [0.5, 0.6) is 11.5 Å². The van der Waals surface area contributed by atoms with Gasteiger partial charge in [0.2, 0.25) is 0 Å². The van der Waals surface area contributed by atoms with E-state index in [4.69, 9.17) is 9.84 Å². The summed E-state index contributed by atoms with van der Waals surface area (Å²) in [6.07, 6.45) is 1.63. The van der Waals surface area contributed by atoms with Crippen molar-refractivity contribution >= 4 is 5.97 Å². The van der Waals surface area contributed by atoms with Crippen molar-refractivity contribution in [2.45, 2.75) is 6.92 Å². The zero-order valence-corrected chi connectivity index (χ0v) is 9.25. The Balaban J connectivity index is 2.13. The van der Waals surface area contributed by atoms with Crippen molar-refractivity contribution < 1.29 is 14.6 Å². The van der Waals surface area contributed by atoms with Crippen molar-refractivity contribution in [2.24, 2.45) is 0 Å². The molecule has 4 heteroatoms. The fourth-order valence-corrected chi connectivity index (χ4v) is 1.32. The van der Waals surface area contributed by atoms with Gasteiger partial charge in [-0.3, -0.25) is 4.98 Å². The van der Waals surface area contributed by atoms with Crippen LogP contribution in [0.2, 0.25) is 0 Å². The molecule has 1 aromatic heterocycles. The molecule has 4 nitrogen and oxygen atoms in total. The lowest BCUT2D eigenvalue weighted by molar-refractivity contribution is 0.0697. The molecule has 1 aromatic carbocycles. The quantitative estimate of drug-likeness (QED) is 0.879. The second-order valence-electron chi connectivity index (χ2n) is 3.57. The van der Waals surface area contributed by atoms with Gasteiger partial charge < -0.3 is 9.84 Å². The van der Waals surface area contributed by atoms with E-state index in [9.17, 15) is 4.79 Å². The van der Waals surface area contributed by atoms with E-state index in [1.54, 1.807) is 18.3 Å². The third-order valence-electron chi connectivity index (χ3n) is 2.22. The Labute approximate surface area is 98.5 Å². The molecule has 1 N–H and O–H groups in total. The summed E-state index contributed by atoms with van der Waals surface area (Å²) in [6.45, 7) is 1.89. The Bertz CT molecular complexity index is 517. The van der Waals surface area contributed by atoms with E-state index in [0.29, 0.717) is 11.5 Å². The summed E-state index contributed by atoms with van der Waals surface area (Å²) in [6, 6.07) is 9.89. The Morgan fingerprint density at radius 1 is 1.12 bits per heavy atom. The first-order valence-corrected chi connectivity index (χ1v) is 5.09. The number of nitrogens with zero attached hydrogens (tertiary/aromatic N) is 1. The van der Waals surface area contributed by atoms with Gasteiger partial charge in [-0.25, -0.2) is 4.79 Å². The Morgan fingerprint density at radius 3 is 2.29 bits per heavy atom. The second-order valence-corrected chi connectivity index (χ2v) is 3.57. The second kappa shape index (κ2) is 4.65. The molecule has 0 unspecified atom stereocenters. The van der Waals surface area contributed by atoms with Crippen LogP contribution >= 0.6 is 0 Å². The molecule has 1 heterocycles. The Hall–Kier alpha value is -2.36. The predicted molar refractivity (Wildman–Crippen MR) is 62.4 cm³/mol. The van der Waals surface area contributed by atoms with Crippen molar-refractivity contribution in [3.05, 3.63) is 53.9 Å². The van der Waals surface area contributed by atoms with Gasteiger partial charge in [0.05, 0.1) is 11.8 Å². The average Bonchev–Trinajstić information content (AvgIpc) is 2.33. The molecule has 0 spiro atoms. The SMILES string of the molecule is Cc1ccc(Oc2ccc(C(=O)O)cc2)cn1. The number of carbonyl (C=O) groups is 1. The maximum absolute atomic E-state index is 10.7. The van der Waals surface area contributed by atoms with Crippen molar-refractivity contribution in [3.8, 4) is 11.5 Å². The van der Waals surface area contributed by atoms with Crippen LogP contribution < -0.4 is 4.74 Å². The van der Waals surface area contributed by atoms with Gasteiger partial charge in [0.15, 0.2) is 0 Å². The zero-order valence-electron chi connectivity index (χ0n) is 9.25. The number of carboxylic acids is 1. The number of aryl methyl sites for hydroxylation is 1. The van der Waals surface area contributed by atoms with Crippen molar-refractivity contribution in [3.63, 3.8) is 0 Å². The number of aromatic nitrogens is 1. The van der Waals surface area contributed by atoms with Crippen molar-refractivity contribution in [1.29, 1.82) is 0 Å². The topological polar surface area (TPSA) is 59.4 Å². The minimum atomic E-state index is -0.950. The molecule has 86 valence electrons. The van der Waals surface area contributed by atoms with Crippen LogP contribution in [0.15, 0.2) is 42.6 Å². The summed E-state index contributed by atoms with van der Waals surface area (Å²) in [5.74, 6) is 0.257. The Kier molecular flexibility index (Phi) is 3.05. The largest absolute Gasteiger partial charge is 0.478 e. The number of ether oxygens (including phenoxy) is 1. The zero-order chi connectivity index (χ0) is 12.3. The average molecular weight is 229 g/mol.